The smallest absolute Gasteiger partial charge is 0.244 e. The number of rotatable bonds is 13. The quantitative estimate of drug-likeness (QED) is 0.241. The molecule has 1 unspecified atom stereocenters. The van der Waals surface area contributed by atoms with Gasteiger partial charge in [0.1, 0.15) is 12.6 Å². The van der Waals surface area contributed by atoms with E-state index in [1.165, 1.54) is 4.90 Å². The molecule has 1 N–H and O–H groups in total. The predicted octanol–water partition coefficient (Wildman–Crippen LogP) is 5.93. The van der Waals surface area contributed by atoms with Gasteiger partial charge in [-0.25, -0.2) is 8.42 Å². The van der Waals surface area contributed by atoms with E-state index in [9.17, 15) is 18.0 Å². The molecule has 0 bridgehead atoms. The Bertz CT molecular complexity index is 1450. The minimum Gasteiger partial charge on any atom is -0.354 e. The van der Waals surface area contributed by atoms with Gasteiger partial charge in [-0.1, -0.05) is 79.0 Å². The third-order valence-electron chi connectivity index (χ3n) is 6.61. The van der Waals surface area contributed by atoms with E-state index < -0.39 is 28.5 Å². The first-order valence-corrected chi connectivity index (χ1v) is 16.1. The van der Waals surface area contributed by atoms with Crippen molar-refractivity contribution in [2.24, 2.45) is 0 Å². The van der Waals surface area contributed by atoms with E-state index in [-0.39, 0.29) is 18.9 Å². The highest BCUT2D eigenvalue weighted by Gasteiger charge is 2.33. The van der Waals surface area contributed by atoms with Crippen LogP contribution >= 0.6 is 23.2 Å². The number of unbranched alkanes of at least 4 members (excludes halogenated alkanes) is 1. The van der Waals surface area contributed by atoms with Gasteiger partial charge in [-0.15, -0.1) is 0 Å². The van der Waals surface area contributed by atoms with Crippen LogP contribution in [-0.4, -0.2) is 50.5 Å². The third-order valence-corrected chi connectivity index (χ3v) is 8.49. The number of hydrogen-bond acceptors (Lipinski definition) is 4. The molecule has 0 aliphatic carbocycles. The fraction of sp³-hybridized carbons (Fsp3) is 0.355. The second-order valence-corrected chi connectivity index (χ2v) is 13.0. The van der Waals surface area contributed by atoms with Crippen LogP contribution < -0.4 is 9.62 Å². The summed E-state index contributed by atoms with van der Waals surface area (Å²) in [5.74, 6) is -0.833. The molecule has 0 heterocycles. The Labute approximate surface area is 253 Å². The number of aryl methyl sites for hydroxylation is 2. The van der Waals surface area contributed by atoms with E-state index in [0.717, 1.165) is 40.1 Å². The van der Waals surface area contributed by atoms with Crippen LogP contribution in [0.3, 0.4) is 0 Å². The summed E-state index contributed by atoms with van der Waals surface area (Å²) in [4.78, 5) is 29.2. The first kappa shape index (κ1) is 32.4. The fourth-order valence-corrected chi connectivity index (χ4v) is 5.76. The molecule has 3 rings (SSSR count). The van der Waals surface area contributed by atoms with Gasteiger partial charge in [-0.3, -0.25) is 13.9 Å². The van der Waals surface area contributed by atoms with Crippen LogP contribution in [0.2, 0.25) is 10.0 Å². The van der Waals surface area contributed by atoms with Gasteiger partial charge in [0, 0.05) is 19.5 Å². The molecular formula is C31H37Cl2N3O4S. The Hall–Kier alpha value is -3.07. The maximum Gasteiger partial charge on any atom is 0.244 e. The zero-order valence-corrected chi connectivity index (χ0v) is 26.2. The SMILES string of the molecule is CCCCNC(=O)C(Cc1ccccc1)N(Cc1ccc(Cl)c(Cl)c1)C(=O)CN(c1cc(C)cc(C)c1)S(C)(=O)=O. The lowest BCUT2D eigenvalue weighted by Gasteiger charge is -2.33. The number of amides is 2. The fourth-order valence-electron chi connectivity index (χ4n) is 4.60. The number of sulfonamides is 1. The van der Waals surface area contributed by atoms with Crippen molar-refractivity contribution >= 4 is 50.7 Å². The topological polar surface area (TPSA) is 86.8 Å². The third kappa shape index (κ3) is 9.48. The summed E-state index contributed by atoms with van der Waals surface area (Å²) in [5, 5.41) is 3.65. The molecule has 10 heteroatoms. The van der Waals surface area contributed by atoms with Crippen molar-refractivity contribution in [3.63, 3.8) is 0 Å². The summed E-state index contributed by atoms with van der Waals surface area (Å²) >= 11 is 12.4. The summed E-state index contributed by atoms with van der Waals surface area (Å²) in [6, 6.07) is 18.9. The number of carbonyl (C=O) groups is 2. The zero-order chi connectivity index (χ0) is 30.2. The summed E-state index contributed by atoms with van der Waals surface area (Å²) in [7, 11) is -3.84. The Kier molecular flexibility index (Phi) is 11.6. The average Bonchev–Trinajstić information content (AvgIpc) is 2.90. The minimum atomic E-state index is -3.84. The van der Waals surface area contributed by atoms with Gasteiger partial charge in [0.15, 0.2) is 0 Å². The van der Waals surface area contributed by atoms with Gasteiger partial charge in [-0.2, -0.15) is 0 Å². The van der Waals surface area contributed by atoms with Crippen molar-refractivity contribution in [1.82, 2.24) is 10.2 Å². The number of nitrogens with zero attached hydrogens (tertiary/aromatic N) is 2. The second kappa shape index (κ2) is 14.7. The molecule has 0 radical (unpaired) electrons. The van der Waals surface area contributed by atoms with Crippen LogP contribution in [0.4, 0.5) is 5.69 Å². The minimum absolute atomic E-state index is 0.0267. The Morgan fingerprint density at radius 2 is 1.56 bits per heavy atom. The van der Waals surface area contributed by atoms with Crippen molar-refractivity contribution in [3.8, 4) is 0 Å². The molecule has 0 aliphatic rings. The van der Waals surface area contributed by atoms with Crippen molar-refractivity contribution in [1.29, 1.82) is 0 Å². The van der Waals surface area contributed by atoms with Crippen LogP contribution in [0.5, 0.6) is 0 Å². The Morgan fingerprint density at radius 3 is 2.15 bits per heavy atom. The van der Waals surface area contributed by atoms with Gasteiger partial charge in [0.05, 0.1) is 22.0 Å². The van der Waals surface area contributed by atoms with Crippen molar-refractivity contribution in [2.75, 3.05) is 23.7 Å². The highest BCUT2D eigenvalue weighted by Crippen LogP contribution is 2.26. The highest BCUT2D eigenvalue weighted by atomic mass is 35.5. The maximum atomic E-state index is 14.1. The molecule has 1 atom stereocenters. The van der Waals surface area contributed by atoms with Crippen LogP contribution in [0.15, 0.2) is 66.7 Å². The summed E-state index contributed by atoms with van der Waals surface area (Å²) < 4.78 is 27.0. The summed E-state index contributed by atoms with van der Waals surface area (Å²) in [6.45, 7) is 5.78. The van der Waals surface area contributed by atoms with E-state index in [2.05, 4.69) is 5.32 Å². The highest BCUT2D eigenvalue weighted by molar-refractivity contribution is 7.92. The van der Waals surface area contributed by atoms with Crippen molar-refractivity contribution in [2.45, 2.75) is 52.6 Å². The number of halogens is 2. The lowest BCUT2D eigenvalue weighted by molar-refractivity contribution is -0.140. The first-order valence-electron chi connectivity index (χ1n) is 13.5. The first-order chi connectivity index (χ1) is 19.4. The Morgan fingerprint density at radius 1 is 0.902 bits per heavy atom. The molecule has 0 aromatic heterocycles. The Balaban J connectivity index is 2.07. The number of benzene rings is 3. The van der Waals surface area contributed by atoms with E-state index in [1.807, 2.05) is 57.2 Å². The zero-order valence-electron chi connectivity index (χ0n) is 23.9. The van der Waals surface area contributed by atoms with Crippen molar-refractivity contribution in [3.05, 3.63) is 99.0 Å². The molecule has 3 aromatic rings. The second-order valence-electron chi connectivity index (χ2n) is 10.2. The summed E-state index contributed by atoms with van der Waals surface area (Å²) in [5.41, 5.74) is 3.64. The molecule has 0 spiro atoms. The molecule has 0 aliphatic heterocycles. The largest absolute Gasteiger partial charge is 0.354 e. The van der Waals surface area contributed by atoms with Crippen LogP contribution in [0.25, 0.3) is 0 Å². The lowest BCUT2D eigenvalue weighted by atomic mass is 10.0. The predicted molar refractivity (Wildman–Crippen MR) is 167 cm³/mol. The molecule has 0 saturated carbocycles. The van der Waals surface area contributed by atoms with E-state index in [1.54, 1.807) is 30.3 Å². The summed E-state index contributed by atoms with van der Waals surface area (Å²) in [6.07, 6.45) is 3.00. The number of carbonyl (C=O) groups excluding carboxylic acids is 2. The normalized spacial score (nSPS) is 12.0. The number of anilines is 1. The van der Waals surface area contributed by atoms with Crippen LogP contribution in [0, 0.1) is 13.8 Å². The van der Waals surface area contributed by atoms with Crippen LogP contribution in [-0.2, 0) is 32.6 Å². The average molecular weight is 619 g/mol. The lowest BCUT2D eigenvalue weighted by Crippen LogP contribution is -2.53. The van der Waals surface area contributed by atoms with Gasteiger partial charge in [-0.05, 0) is 66.8 Å². The standard InChI is InChI=1S/C31H37Cl2N3O4S/c1-5-6-14-34-31(38)29(19-24-10-8-7-9-11-24)35(20-25-12-13-27(32)28(33)18-25)30(37)21-36(41(4,39)40)26-16-22(2)15-23(3)17-26/h7-13,15-18,29H,5-6,14,19-21H2,1-4H3,(H,34,38). The van der Waals surface area contributed by atoms with Crippen LogP contribution in [0.1, 0.15) is 42.0 Å². The van der Waals surface area contributed by atoms with E-state index in [4.69, 9.17) is 23.2 Å². The number of hydrogen-bond donors (Lipinski definition) is 1. The molecule has 3 aromatic carbocycles. The monoisotopic (exact) mass is 617 g/mol. The molecular weight excluding hydrogens is 581 g/mol. The van der Waals surface area contributed by atoms with Crippen molar-refractivity contribution < 1.29 is 18.0 Å². The molecule has 220 valence electrons. The molecule has 0 fully saturated rings. The van der Waals surface area contributed by atoms with Gasteiger partial charge < -0.3 is 10.2 Å². The molecule has 2 amide bonds. The van der Waals surface area contributed by atoms with Gasteiger partial charge in [0.2, 0.25) is 21.8 Å². The number of nitrogens with one attached hydrogen (secondary N) is 1. The van der Waals surface area contributed by atoms with Gasteiger partial charge >= 0.3 is 0 Å². The molecule has 0 saturated heterocycles. The molecule has 7 nitrogen and oxygen atoms in total. The van der Waals surface area contributed by atoms with Gasteiger partial charge in [0.25, 0.3) is 0 Å². The maximum absolute atomic E-state index is 14.1. The van der Waals surface area contributed by atoms with E-state index in [0.29, 0.717) is 27.8 Å². The molecule has 41 heavy (non-hydrogen) atoms. The van der Waals surface area contributed by atoms with E-state index >= 15 is 0 Å².